The van der Waals surface area contributed by atoms with Gasteiger partial charge in [0.05, 0.1) is 12.3 Å². The number of phosphoric acid groups is 3. The third-order valence-corrected chi connectivity index (χ3v) is 7.94. The molecule has 7 atom stereocenters. The average molecular weight is 540 g/mol. The zero-order chi connectivity index (χ0) is 25.6. The van der Waals surface area contributed by atoms with Crippen molar-refractivity contribution in [3.05, 3.63) is 32.9 Å². The molecule has 21 heteroatoms. The highest BCUT2D eigenvalue weighted by molar-refractivity contribution is 7.66. The molecule has 1 saturated heterocycles. The zero-order valence-corrected chi connectivity index (χ0v) is 18.7. The number of nitrogens with one attached hydrogen (secondary N) is 1. The Morgan fingerprint density at radius 2 is 1.82 bits per heavy atom. The summed E-state index contributed by atoms with van der Waals surface area (Å²) >= 11 is 0. The van der Waals surface area contributed by atoms with Gasteiger partial charge in [0.2, 0.25) is 5.82 Å². The number of aliphatic hydroxyl groups is 2. The van der Waals surface area contributed by atoms with Crippen LogP contribution in [0, 0.1) is 18.2 Å². The lowest BCUT2D eigenvalue weighted by molar-refractivity contribution is -0.0872. The van der Waals surface area contributed by atoms with E-state index >= 15 is 0 Å². The maximum absolute atomic E-state index is 13.6. The van der Waals surface area contributed by atoms with Gasteiger partial charge in [-0.25, -0.2) is 18.5 Å². The molecule has 1 aromatic heterocycles. The van der Waals surface area contributed by atoms with Gasteiger partial charge in [0, 0.05) is 0 Å². The molecule has 0 bridgehead atoms. The SMILES string of the molecule is C#C[C@@]1(O)C(O)[C@@H]([C@H](C)OP(=O)(O)OP(=O)(O)OP(=O)(O)O)O[C@H]1n1cc(F)c(=O)[nH]c1=O. The Morgan fingerprint density at radius 1 is 1.24 bits per heavy atom. The molecule has 186 valence electrons. The topological polar surface area (TPSA) is 264 Å². The standard InChI is InChI=1S/C12H16FN2O15P3/c1-3-12(19)8(16)7(27-10(12)15-4-6(13)9(17)14-11(15)18)5(2)28-32(23,24)30-33(25,26)29-31(20,21)22/h1,4-5,7-8,10,16,19H,2H3,(H,23,24)(H,25,26)(H,14,17,18)(H2,20,21,22)/t5-,7+,8?,10+,12+/m0/s1. The number of aliphatic hydroxyl groups excluding tert-OH is 1. The van der Waals surface area contributed by atoms with Crippen molar-refractivity contribution < 1.29 is 65.8 Å². The van der Waals surface area contributed by atoms with Crippen molar-refractivity contribution in [2.45, 2.75) is 37.1 Å². The van der Waals surface area contributed by atoms with Crippen LogP contribution in [0.1, 0.15) is 13.2 Å². The Bertz CT molecular complexity index is 1220. The van der Waals surface area contributed by atoms with Crippen LogP contribution in [0.2, 0.25) is 0 Å². The lowest BCUT2D eigenvalue weighted by atomic mass is 9.93. The second-order valence-corrected chi connectivity index (χ2v) is 10.8. The minimum Gasteiger partial charge on any atom is -0.386 e. The number of phosphoric ester groups is 1. The van der Waals surface area contributed by atoms with Crippen LogP contribution in [-0.2, 0) is 31.6 Å². The van der Waals surface area contributed by atoms with Crippen molar-refractivity contribution in [1.82, 2.24) is 9.55 Å². The number of rotatable bonds is 8. The highest BCUT2D eigenvalue weighted by Crippen LogP contribution is 2.66. The number of nitrogens with zero attached hydrogens (tertiary/aromatic N) is 1. The summed E-state index contributed by atoms with van der Waals surface area (Å²) in [6.07, 6.45) is -2.56. The van der Waals surface area contributed by atoms with Gasteiger partial charge >= 0.3 is 29.2 Å². The van der Waals surface area contributed by atoms with Gasteiger partial charge in [0.15, 0.2) is 11.8 Å². The van der Waals surface area contributed by atoms with E-state index in [1.54, 1.807) is 10.9 Å². The monoisotopic (exact) mass is 540 g/mol. The predicted octanol–water partition coefficient (Wildman–Crippen LogP) is -1.97. The lowest BCUT2D eigenvalue weighted by Crippen LogP contribution is -2.49. The van der Waals surface area contributed by atoms with Crippen LogP contribution >= 0.6 is 23.5 Å². The summed E-state index contributed by atoms with van der Waals surface area (Å²) in [6.45, 7) is 0.891. The lowest BCUT2D eigenvalue weighted by Gasteiger charge is -2.27. The summed E-state index contributed by atoms with van der Waals surface area (Å²) in [4.78, 5) is 60.5. The highest BCUT2D eigenvalue weighted by Gasteiger charge is 2.58. The molecule has 7 N–H and O–H groups in total. The fourth-order valence-electron chi connectivity index (χ4n) is 2.73. The second-order valence-electron chi connectivity index (χ2n) is 6.41. The van der Waals surface area contributed by atoms with E-state index in [4.69, 9.17) is 25.8 Å². The van der Waals surface area contributed by atoms with Crippen molar-refractivity contribution in [3.8, 4) is 12.3 Å². The fraction of sp³-hybridized carbons (Fsp3) is 0.500. The van der Waals surface area contributed by atoms with E-state index in [9.17, 15) is 42.8 Å². The first kappa shape index (κ1) is 27.7. The van der Waals surface area contributed by atoms with E-state index in [1.807, 2.05) is 0 Å². The van der Waals surface area contributed by atoms with Gasteiger partial charge in [-0.2, -0.15) is 13.0 Å². The Hall–Kier alpha value is -1.54. The first-order valence-corrected chi connectivity index (χ1v) is 12.7. The van der Waals surface area contributed by atoms with E-state index in [-0.39, 0.29) is 4.57 Å². The largest absolute Gasteiger partial charge is 0.490 e. The van der Waals surface area contributed by atoms with Gasteiger partial charge in [-0.3, -0.25) is 18.9 Å². The Morgan fingerprint density at radius 3 is 2.33 bits per heavy atom. The molecule has 2 rings (SSSR count). The minimum absolute atomic E-state index is 0.275. The molecule has 3 unspecified atom stereocenters. The molecule has 17 nitrogen and oxygen atoms in total. The molecule has 0 radical (unpaired) electrons. The van der Waals surface area contributed by atoms with Crippen LogP contribution in [0.3, 0.4) is 0 Å². The molecule has 1 aliphatic heterocycles. The second kappa shape index (κ2) is 9.25. The molecule has 33 heavy (non-hydrogen) atoms. The molecule has 0 amide bonds. The van der Waals surface area contributed by atoms with E-state index in [0.29, 0.717) is 6.20 Å². The van der Waals surface area contributed by atoms with Gasteiger partial charge in [0.25, 0.3) is 5.56 Å². The van der Waals surface area contributed by atoms with E-state index in [2.05, 4.69) is 13.1 Å². The Kier molecular flexibility index (Phi) is 7.77. The highest BCUT2D eigenvalue weighted by atomic mass is 31.3. The predicted molar refractivity (Wildman–Crippen MR) is 99.4 cm³/mol. The molecule has 0 saturated carbocycles. The van der Waals surface area contributed by atoms with Crippen molar-refractivity contribution in [3.63, 3.8) is 0 Å². The van der Waals surface area contributed by atoms with Gasteiger partial charge in [0.1, 0.15) is 12.2 Å². The van der Waals surface area contributed by atoms with E-state index in [0.717, 1.165) is 6.92 Å². The van der Waals surface area contributed by atoms with Crippen molar-refractivity contribution >= 4 is 23.5 Å². The number of hydrogen-bond donors (Lipinski definition) is 7. The van der Waals surface area contributed by atoms with Gasteiger partial charge in [-0.15, -0.1) is 6.42 Å². The summed E-state index contributed by atoms with van der Waals surface area (Å²) in [7, 11) is -17.2. The summed E-state index contributed by atoms with van der Waals surface area (Å²) < 4.78 is 64.7. The molecule has 1 fully saturated rings. The summed E-state index contributed by atoms with van der Waals surface area (Å²) in [6, 6.07) is 0. The number of aromatic nitrogens is 2. The normalized spacial score (nSPS) is 30.2. The van der Waals surface area contributed by atoms with Crippen LogP contribution in [0.4, 0.5) is 4.39 Å². The maximum atomic E-state index is 13.6. The molecule has 0 aromatic carbocycles. The van der Waals surface area contributed by atoms with Crippen molar-refractivity contribution in [2.24, 2.45) is 0 Å². The smallest absolute Gasteiger partial charge is 0.386 e. The van der Waals surface area contributed by atoms with Crippen LogP contribution < -0.4 is 11.2 Å². The van der Waals surface area contributed by atoms with Crippen molar-refractivity contribution in [1.29, 1.82) is 0 Å². The number of terminal acetylenes is 1. The molecule has 0 spiro atoms. The number of ether oxygens (including phenoxy) is 1. The number of halogens is 1. The van der Waals surface area contributed by atoms with Gasteiger partial charge in [-0.05, 0) is 6.92 Å². The summed E-state index contributed by atoms with van der Waals surface area (Å²) in [5.74, 6) is 0.206. The molecular formula is C12H16FN2O15P3. The van der Waals surface area contributed by atoms with E-state index in [1.165, 1.54) is 0 Å². The average Bonchev–Trinajstić information content (AvgIpc) is 2.87. The minimum atomic E-state index is -5.85. The third-order valence-electron chi connectivity index (χ3n) is 4.01. The van der Waals surface area contributed by atoms with Crippen LogP contribution in [0.5, 0.6) is 0 Å². The van der Waals surface area contributed by atoms with Crippen LogP contribution in [0.15, 0.2) is 15.8 Å². The molecule has 2 heterocycles. The Labute approximate surface area is 181 Å². The fourth-order valence-corrected chi connectivity index (χ4v) is 5.93. The van der Waals surface area contributed by atoms with E-state index < -0.39 is 70.7 Å². The number of hydrogen-bond acceptors (Lipinski definition) is 11. The summed E-state index contributed by atoms with van der Waals surface area (Å²) in [5, 5.41) is 21.0. The molecule has 0 aliphatic carbocycles. The third kappa shape index (κ3) is 6.32. The summed E-state index contributed by atoms with van der Waals surface area (Å²) in [5.41, 5.74) is -5.54. The first-order valence-electron chi connectivity index (χ1n) is 8.19. The van der Waals surface area contributed by atoms with Crippen molar-refractivity contribution in [2.75, 3.05) is 0 Å². The van der Waals surface area contributed by atoms with Crippen LogP contribution in [0.25, 0.3) is 0 Å². The number of aromatic amines is 1. The molecule has 1 aromatic rings. The molecule has 1 aliphatic rings. The van der Waals surface area contributed by atoms with Crippen LogP contribution in [-0.4, -0.2) is 63.3 Å². The van der Waals surface area contributed by atoms with Gasteiger partial charge < -0.3 is 34.5 Å². The van der Waals surface area contributed by atoms with Gasteiger partial charge in [-0.1, -0.05) is 5.92 Å². The number of H-pyrrole nitrogens is 1. The quantitative estimate of drug-likeness (QED) is 0.139. The maximum Gasteiger partial charge on any atom is 0.490 e. The first-order chi connectivity index (χ1) is 14.8. The zero-order valence-electron chi connectivity index (χ0n) is 16.0. The molecular weight excluding hydrogens is 524 g/mol. The Balaban J connectivity index is 2.31.